The van der Waals surface area contributed by atoms with E-state index in [0.717, 1.165) is 5.56 Å². The first-order chi connectivity index (χ1) is 13.5. The third kappa shape index (κ3) is 3.46. The number of nitrogens with one attached hydrogen (secondary N) is 3. The molecule has 0 bridgehead atoms. The third-order valence-electron chi connectivity index (χ3n) is 4.88. The monoisotopic (exact) mass is 380 g/mol. The number of H-pyrrole nitrogens is 2. The predicted octanol–water partition coefficient (Wildman–Crippen LogP) is 1.43. The van der Waals surface area contributed by atoms with Crippen LogP contribution in [0.4, 0.5) is 5.95 Å². The summed E-state index contributed by atoms with van der Waals surface area (Å²) in [7, 11) is 1.59. The first kappa shape index (κ1) is 17.8. The van der Waals surface area contributed by atoms with Crippen molar-refractivity contribution in [1.82, 2.24) is 25.5 Å². The van der Waals surface area contributed by atoms with Crippen molar-refractivity contribution in [1.29, 1.82) is 0 Å². The lowest BCUT2D eigenvalue weighted by molar-refractivity contribution is 0.0903. The number of amides is 1. The fourth-order valence-electron chi connectivity index (χ4n) is 3.38. The smallest absolute Gasteiger partial charge is 0.269 e. The number of para-hydroxylation sites is 1. The highest BCUT2D eigenvalue weighted by molar-refractivity contribution is 5.93. The van der Waals surface area contributed by atoms with Crippen LogP contribution >= 0.6 is 0 Å². The zero-order valence-electron chi connectivity index (χ0n) is 15.2. The van der Waals surface area contributed by atoms with Gasteiger partial charge < -0.3 is 15.8 Å². The summed E-state index contributed by atoms with van der Waals surface area (Å²) in [5.41, 5.74) is 7.80. The number of carbonyl (C=O) groups is 1. The van der Waals surface area contributed by atoms with Crippen molar-refractivity contribution in [3.8, 4) is 17.0 Å². The van der Waals surface area contributed by atoms with Crippen molar-refractivity contribution < 1.29 is 9.53 Å². The molecule has 0 radical (unpaired) electrons. The SMILES string of the molecule is COc1ccccc1-c1cc(C(=O)NC2CC(c3cc(=O)[nH]c(N)n3)C2)[nH]n1. The minimum absolute atomic E-state index is 0.0119. The third-order valence-corrected chi connectivity index (χ3v) is 4.88. The summed E-state index contributed by atoms with van der Waals surface area (Å²) in [5, 5.41) is 9.96. The molecule has 2 heterocycles. The molecule has 0 spiro atoms. The fraction of sp³-hybridized carbons (Fsp3) is 0.263. The van der Waals surface area contributed by atoms with E-state index < -0.39 is 0 Å². The molecule has 1 fully saturated rings. The molecule has 0 unspecified atom stereocenters. The van der Waals surface area contributed by atoms with Crippen molar-refractivity contribution in [2.45, 2.75) is 24.8 Å². The van der Waals surface area contributed by atoms with Gasteiger partial charge in [-0.1, -0.05) is 12.1 Å². The number of benzene rings is 1. The molecule has 2 aromatic heterocycles. The van der Waals surface area contributed by atoms with E-state index in [-0.39, 0.29) is 29.4 Å². The van der Waals surface area contributed by atoms with Crippen molar-refractivity contribution >= 4 is 11.9 Å². The van der Waals surface area contributed by atoms with Crippen molar-refractivity contribution in [2.75, 3.05) is 12.8 Å². The number of nitrogens with zero attached hydrogens (tertiary/aromatic N) is 2. The molecule has 0 atom stereocenters. The zero-order valence-corrected chi connectivity index (χ0v) is 15.2. The number of carbonyl (C=O) groups excluding carboxylic acids is 1. The molecular weight excluding hydrogens is 360 g/mol. The van der Waals surface area contributed by atoms with Gasteiger partial charge in [0.2, 0.25) is 5.95 Å². The molecule has 5 N–H and O–H groups in total. The Kier molecular flexibility index (Phi) is 4.56. The predicted molar refractivity (Wildman–Crippen MR) is 103 cm³/mol. The fourth-order valence-corrected chi connectivity index (χ4v) is 3.38. The summed E-state index contributed by atoms with van der Waals surface area (Å²) in [4.78, 5) is 30.6. The summed E-state index contributed by atoms with van der Waals surface area (Å²) in [6.07, 6.45) is 1.41. The minimum Gasteiger partial charge on any atom is -0.496 e. The number of aromatic nitrogens is 4. The lowest BCUT2D eigenvalue weighted by Crippen LogP contribution is -2.43. The van der Waals surface area contributed by atoms with Gasteiger partial charge in [-0.15, -0.1) is 0 Å². The average Bonchev–Trinajstić information content (AvgIpc) is 3.13. The second-order valence-electron chi connectivity index (χ2n) is 6.76. The topological polar surface area (TPSA) is 139 Å². The summed E-state index contributed by atoms with van der Waals surface area (Å²) >= 11 is 0. The Morgan fingerprint density at radius 2 is 2.07 bits per heavy atom. The van der Waals surface area contributed by atoms with Gasteiger partial charge in [-0.05, 0) is 31.0 Å². The van der Waals surface area contributed by atoms with Crippen LogP contribution in [0.15, 0.2) is 41.2 Å². The van der Waals surface area contributed by atoms with Crippen LogP contribution in [0.5, 0.6) is 5.75 Å². The second-order valence-corrected chi connectivity index (χ2v) is 6.76. The van der Waals surface area contributed by atoms with Gasteiger partial charge in [0.05, 0.1) is 18.5 Å². The number of nitrogens with two attached hydrogens (primary N) is 1. The summed E-state index contributed by atoms with van der Waals surface area (Å²) in [6.45, 7) is 0. The standard InChI is InChI=1S/C19H20N6O3/c1-28-16-5-3-2-4-12(16)14-8-15(25-24-14)18(27)21-11-6-10(7-11)13-9-17(26)23-19(20)22-13/h2-5,8-11H,6-7H2,1H3,(H,21,27)(H,24,25)(H3,20,22,23,26). The maximum Gasteiger partial charge on any atom is 0.269 e. The summed E-state index contributed by atoms with van der Waals surface area (Å²) in [5.74, 6) is 0.681. The van der Waals surface area contributed by atoms with Gasteiger partial charge >= 0.3 is 0 Å². The zero-order chi connectivity index (χ0) is 19.7. The Morgan fingerprint density at radius 3 is 2.82 bits per heavy atom. The molecular formula is C19H20N6O3. The van der Waals surface area contributed by atoms with Crippen LogP contribution in [0.3, 0.4) is 0 Å². The van der Waals surface area contributed by atoms with Crippen LogP contribution in [0.1, 0.15) is 34.9 Å². The van der Waals surface area contributed by atoms with E-state index in [0.29, 0.717) is 35.7 Å². The molecule has 28 heavy (non-hydrogen) atoms. The molecule has 0 aliphatic heterocycles. The molecule has 1 aliphatic rings. The quantitative estimate of drug-likeness (QED) is 0.528. The van der Waals surface area contributed by atoms with E-state index in [9.17, 15) is 9.59 Å². The molecule has 1 amide bonds. The Labute approximate surface area is 160 Å². The van der Waals surface area contributed by atoms with Crippen molar-refractivity contribution in [3.05, 3.63) is 58.1 Å². The normalized spacial score (nSPS) is 18.3. The average molecular weight is 380 g/mol. The Morgan fingerprint density at radius 1 is 1.29 bits per heavy atom. The van der Waals surface area contributed by atoms with Gasteiger partial charge in [0.25, 0.3) is 11.5 Å². The largest absolute Gasteiger partial charge is 0.496 e. The van der Waals surface area contributed by atoms with Crippen molar-refractivity contribution in [2.24, 2.45) is 0 Å². The Balaban J connectivity index is 1.39. The van der Waals surface area contributed by atoms with Gasteiger partial charge in [-0.3, -0.25) is 19.7 Å². The highest BCUT2D eigenvalue weighted by Crippen LogP contribution is 2.35. The first-order valence-corrected chi connectivity index (χ1v) is 8.90. The number of hydrogen-bond acceptors (Lipinski definition) is 6. The highest BCUT2D eigenvalue weighted by Gasteiger charge is 2.33. The lowest BCUT2D eigenvalue weighted by atomic mass is 9.78. The number of anilines is 1. The van der Waals surface area contributed by atoms with Gasteiger partial charge in [0, 0.05) is 23.6 Å². The van der Waals surface area contributed by atoms with E-state index >= 15 is 0 Å². The number of aromatic amines is 2. The number of methoxy groups -OCH3 is 1. The van der Waals surface area contributed by atoms with Crippen LogP contribution in [-0.2, 0) is 0 Å². The van der Waals surface area contributed by atoms with E-state index in [1.165, 1.54) is 6.07 Å². The Hall–Kier alpha value is -3.62. The molecule has 3 aromatic rings. The lowest BCUT2D eigenvalue weighted by Gasteiger charge is -2.35. The van der Waals surface area contributed by atoms with Crippen LogP contribution in [-0.4, -0.2) is 39.2 Å². The maximum atomic E-state index is 12.5. The maximum absolute atomic E-state index is 12.5. The summed E-state index contributed by atoms with van der Waals surface area (Å²) in [6, 6.07) is 10.6. The molecule has 144 valence electrons. The van der Waals surface area contributed by atoms with Crippen LogP contribution in [0.2, 0.25) is 0 Å². The van der Waals surface area contributed by atoms with Crippen LogP contribution in [0.25, 0.3) is 11.3 Å². The molecule has 9 heteroatoms. The van der Waals surface area contributed by atoms with E-state index in [2.05, 4.69) is 25.5 Å². The first-order valence-electron chi connectivity index (χ1n) is 8.90. The number of hydrogen-bond donors (Lipinski definition) is 4. The molecule has 1 saturated carbocycles. The Bertz CT molecular complexity index is 1070. The molecule has 1 aliphatic carbocycles. The molecule has 0 saturated heterocycles. The number of ether oxygens (including phenoxy) is 1. The second kappa shape index (κ2) is 7.18. The highest BCUT2D eigenvalue weighted by atomic mass is 16.5. The van der Waals surface area contributed by atoms with Crippen molar-refractivity contribution in [3.63, 3.8) is 0 Å². The van der Waals surface area contributed by atoms with Gasteiger partial charge in [0.1, 0.15) is 11.4 Å². The van der Waals surface area contributed by atoms with Crippen LogP contribution < -0.4 is 21.3 Å². The van der Waals surface area contributed by atoms with E-state index in [4.69, 9.17) is 10.5 Å². The number of nitrogen functional groups attached to an aromatic ring is 1. The van der Waals surface area contributed by atoms with Gasteiger partial charge in [0.15, 0.2) is 0 Å². The van der Waals surface area contributed by atoms with Gasteiger partial charge in [-0.2, -0.15) is 5.10 Å². The van der Waals surface area contributed by atoms with E-state index in [1.807, 2.05) is 24.3 Å². The molecule has 1 aromatic carbocycles. The minimum atomic E-state index is -0.267. The summed E-state index contributed by atoms with van der Waals surface area (Å²) < 4.78 is 5.34. The van der Waals surface area contributed by atoms with Crippen LogP contribution in [0, 0.1) is 0 Å². The molecule has 4 rings (SSSR count). The molecule has 9 nitrogen and oxygen atoms in total. The van der Waals surface area contributed by atoms with Gasteiger partial charge in [-0.25, -0.2) is 4.98 Å². The number of rotatable bonds is 5. The van der Waals surface area contributed by atoms with E-state index in [1.54, 1.807) is 13.2 Å².